The summed E-state index contributed by atoms with van der Waals surface area (Å²) < 4.78 is 2.19. The number of hydrogen-bond acceptors (Lipinski definition) is 6. The van der Waals surface area contributed by atoms with Gasteiger partial charge in [-0.3, -0.25) is 14.7 Å². The number of rotatable bonds is 9. The van der Waals surface area contributed by atoms with Gasteiger partial charge in [0.25, 0.3) is 0 Å². The Morgan fingerprint density at radius 1 is 0.903 bits per heavy atom. The molecule has 4 atom stereocenters. The van der Waals surface area contributed by atoms with Crippen molar-refractivity contribution in [2.24, 2.45) is 33.2 Å². The first-order valence-corrected chi connectivity index (χ1v) is 12.5. The molecule has 4 aliphatic rings. The lowest BCUT2D eigenvalue weighted by molar-refractivity contribution is 0.122. The molecule has 0 radical (unpaired) electrons. The second-order valence-electron chi connectivity index (χ2n) is 10.8. The van der Waals surface area contributed by atoms with Crippen LogP contribution in [0.15, 0.2) is 27.8 Å². The number of hydrogen-bond donors (Lipinski definition) is 0. The molecule has 2 aliphatic heterocycles. The molecule has 0 amide bonds. The van der Waals surface area contributed by atoms with E-state index in [4.69, 9.17) is 10.2 Å². The third kappa shape index (κ3) is 4.00. The molecule has 0 spiro atoms. The summed E-state index contributed by atoms with van der Waals surface area (Å²) in [6, 6.07) is 1.76. The van der Waals surface area contributed by atoms with E-state index >= 15 is 0 Å². The predicted octanol–water partition coefficient (Wildman–Crippen LogP) is 4.89. The average molecular weight is 426 g/mol. The van der Waals surface area contributed by atoms with Gasteiger partial charge >= 0.3 is 0 Å². The van der Waals surface area contributed by atoms with Crippen LogP contribution in [0.4, 0.5) is 0 Å². The fourth-order valence-corrected chi connectivity index (χ4v) is 6.03. The molecule has 3 heterocycles. The van der Waals surface area contributed by atoms with Gasteiger partial charge in [0.05, 0.1) is 30.9 Å². The van der Waals surface area contributed by atoms with Crippen molar-refractivity contribution < 1.29 is 0 Å². The van der Waals surface area contributed by atoms with Crippen LogP contribution in [0.2, 0.25) is 0 Å². The minimum atomic E-state index is 0.244. The second kappa shape index (κ2) is 8.21. The number of aromatic nitrogens is 2. The molecule has 2 aliphatic carbocycles. The smallest absolute Gasteiger partial charge is 0.0925 e. The van der Waals surface area contributed by atoms with Gasteiger partial charge in [0.15, 0.2) is 0 Å². The highest BCUT2D eigenvalue weighted by molar-refractivity contribution is 5.60. The minimum Gasteiger partial charge on any atom is -0.291 e. The van der Waals surface area contributed by atoms with Crippen LogP contribution in [0.25, 0.3) is 0 Å². The van der Waals surface area contributed by atoms with E-state index in [1.54, 1.807) is 0 Å². The van der Waals surface area contributed by atoms with Gasteiger partial charge < -0.3 is 0 Å². The van der Waals surface area contributed by atoms with E-state index < -0.39 is 0 Å². The first kappa shape index (κ1) is 21.0. The maximum Gasteiger partial charge on any atom is 0.0925 e. The maximum atomic E-state index is 4.91. The molecule has 0 saturated heterocycles. The Morgan fingerprint density at radius 3 is 2.19 bits per heavy atom. The Morgan fingerprint density at radius 2 is 1.58 bits per heavy atom. The molecule has 1 aromatic heterocycles. The van der Waals surface area contributed by atoms with E-state index in [1.165, 1.54) is 31.2 Å². The number of nitrogens with zero attached hydrogens (tertiary/aromatic N) is 7. The van der Waals surface area contributed by atoms with Crippen LogP contribution in [0, 0.1) is 17.8 Å². The van der Waals surface area contributed by atoms with E-state index in [9.17, 15) is 0 Å². The zero-order valence-electron chi connectivity index (χ0n) is 19.8. The van der Waals surface area contributed by atoms with Gasteiger partial charge in [0.1, 0.15) is 0 Å². The van der Waals surface area contributed by atoms with Crippen molar-refractivity contribution in [1.29, 1.82) is 0 Å². The standard InChI is InChI=1S/C24H39N7/c1-15(2)30-21(10-11-26-30)24(23(18-6-7-18)19-8-9-19)20-12-27-29(14-20)17(5)22-13-25-28-31(22)16(3)4/h11-12,14-19,21-24H,6-10,13H2,1-5H3. The zero-order chi connectivity index (χ0) is 21.7. The van der Waals surface area contributed by atoms with Gasteiger partial charge in [-0.25, -0.2) is 0 Å². The topological polar surface area (TPSA) is 61.4 Å². The molecular weight excluding hydrogens is 386 g/mol. The Bertz CT molecular complexity index is 808. The second-order valence-corrected chi connectivity index (χ2v) is 10.8. The predicted molar refractivity (Wildman–Crippen MR) is 123 cm³/mol. The van der Waals surface area contributed by atoms with Gasteiger partial charge in [-0.05, 0) is 83.6 Å². The summed E-state index contributed by atoms with van der Waals surface area (Å²) in [6.07, 6.45) is 13.3. The van der Waals surface area contributed by atoms with Gasteiger partial charge in [0.2, 0.25) is 0 Å². The molecule has 4 unspecified atom stereocenters. The number of hydrazone groups is 1. The van der Waals surface area contributed by atoms with Crippen LogP contribution < -0.4 is 0 Å². The average Bonchev–Trinajstić information content (AvgIpc) is 3.58. The summed E-state index contributed by atoms with van der Waals surface area (Å²) in [5, 5.41) is 22.9. The molecule has 2 saturated carbocycles. The minimum absolute atomic E-state index is 0.244. The van der Waals surface area contributed by atoms with Crippen molar-refractivity contribution in [3.8, 4) is 0 Å². The van der Waals surface area contributed by atoms with Crippen LogP contribution in [-0.2, 0) is 0 Å². The van der Waals surface area contributed by atoms with Crippen molar-refractivity contribution in [3.63, 3.8) is 0 Å². The fraction of sp³-hybridized carbons (Fsp3) is 0.833. The lowest BCUT2D eigenvalue weighted by Crippen LogP contribution is -2.41. The Hall–Kier alpha value is -1.92. The SMILES string of the molecule is CC(C)N1N=CCC1C(c1cnn(C(C)C2CN=NN2C(C)C)c1)C(C1CC1)C1CC1. The van der Waals surface area contributed by atoms with Crippen LogP contribution in [0.3, 0.4) is 0 Å². The highest BCUT2D eigenvalue weighted by atomic mass is 15.6. The lowest BCUT2D eigenvalue weighted by atomic mass is 9.75. The van der Waals surface area contributed by atoms with Gasteiger partial charge in [-0.2, -0.15) is 15.3 Å². The normalized spacial score (nSPS) is 28.0. The molecule has 1 aromatic rings. The summed E-state index contributed by atoms with van der Waals surface area (Å²) in [4.78, 5) is 0. The fourth-order valence-electron chi connectivity index (χ4n) is 6.03. The van der Waals surface area contributed by atoms with E-state index in [2.05, 4.69) is 78.3 Å². The molecule has 31 heavy (non-hydrogen) atoms. The van der Waals surface area contributed by atoms with Gasteiger partial charge in [-0.1, -0.05) is 5.22 Å². The third-order valence-corrected chi connectivity index (χ3v) is 7.88. The summed E-state index contributed by atoms with van der Waals surface area (Å²) in [5.74, 6) is 3.10. The van der Waals surface area contributed by atoms with Crippen molar-refractivity contribution in [3.05, 3.63) is 18.0 Å². The molecule has 0 N–H and O–H groups in total. The van der Waals surface area contributed by atoms with Gasteiger partial charge in [-0.15, -0.1) is 0 Å². The summed E-state index contributed by atoms with van der Waals surface area (Å²) >= 11 is 0. The molecule has 2 fully saturated rings. The molecular formula is C24H39N7. The van der Waals surface area contributed by atoms with Crippen molar-refractivity contribution in [1.82, 2.24) is 19.8 Å². The molecule has 0 bridgehead atoms. The van der Waals surface area contributed by atoms with Crippen LogP contribution in [0.1, 0.15) is 84.2 Å². The zero-order valence-corrected chi connectivity index (χ0v) is 19.8. The Balaban J connectivity index is 1.43. The molecule has 170 valence electrons. The monoisotopic (exact) mass is 425 g/mol. The summed E-state index contributed by atoms with van der Waals surface area (Å²) in [7, 11) is 0. The van der Waals surface area contributed by atoms with Crippen molar-refractivity contribution in [2.45, 2.75) is 103 Å². The Labute approximate surface area is 186 Å². The van der Waals surface area contributed by atoms with E-state index in [-0.39, 0.29) is 12.1 Å². The first-order valence-electron chi connectivity index (χ1n) is 12.5. The highest BCUT2D eigenvalue weighted by Crippen LogP contribution is 2.56. The third-order valence-electron chi connectivity index (χ3n) is 7.88. The molecule has 7 nitrogen and oxygen atoms in total. The van der Waals surface area contributed by atoms with Crippen LogP contribution >= 0.6 is 0 Å². The Kier molecular flexibility index (Phi) is 5.55. The van der Waals surface area contributed by atoms with E-state index in [1.807, 2.05) is 0 Å². The first-order chi connectivity index (χ1) is 15.0. The van der Waals surface area contributed by atoms with E-state index in [0.29, 0.717) is 24.0 Å². The van der Waals surface area contributed by atoms with Crippen molar-refractivity contribution >= 4 is 6.21 Å². The maximum absolute atomic E-state index is 4.91. The van der Waals surface area contributed by atoms with E-state index in [0.717, 1.165) is 30.7 Å². The molecule has 7 heteroatoms. The molecule has 0 aromatic carbocycles. The van der Waals surface area contributed by atoms with Crippen molar-refractivity contribution in [2.75, 3.05) is 6.54 Å². The van der Waals surface area contributed by atoms with Crippen LogP contribution in [-0.4, -0.2) is 56.7 Å². The lowest BCUT2D eigenvalue weighted by Gasteiger charge is -2.38. The highest BCUT2D eigenvalue weighted by Gasteiger charge is 2.50. The largest absolute Gasteiger partial charge is 0.291 e. The summed E-state index contributed by atoms with van der Waals surface area (Å²) in [5.41, 5.74) is 1.42. The van der Waals surface area contributed by atoms with Crippen LogP contribution in [0.5, 0.6) is 0 Å². The van der Waals surface area contributed by atoms with Gasteiger partial charge in [0, 0.05) is 36.8 Å². The summed E-state index contributed by atoms with van der Waals surface area (Å²) in [6.45, 7) is 11.9. The quantitative estimate of drug-likeness (QED) is 0.566. The molecule has 5 rings (SSSR count).